The van der Waals surface area contributed by atoms with Gasteiger partial charge in [-0.2, -0.15) is 0 Å². The molecule has 1 atom stereocenters. The van der Waals surface area contributed by atoms with Gasteiger partial charge in [-0.1, -0.05) is 13.3 Å². The molecule has 1 saturated heterocycles. The number of carbonyl (C=O) groups excluding carboxylic acids is 2. The summed E-state index contributed by atoms with van der Waals surface area (Å²) in [6.45, 7) is 10.7. The van der Waals surface area contributed by atoms with Crippen LogP contribution in [0, 0.1) is 0 Å². The largest absolute Gasteiger partial charge is 0.464 e. The molecule has 23 heavy (non-hydrogen) atoms. The minimum atomic E-state index is -1.06. The second-order valence-corrected chi connectivity index (χ2v) is 6.89. The van der Waals surface area contributed by atoms with Crippen molar-refractivity contribution in [2.75, 3.05) is 26.4 Å². The summed E-state index contributed by atoms with van der Waals surface area (Å²) in [6.07, 6.45) is 2.72. The molecule has 0 aromatic heterocycles. The molecule has 1 aliphatic heterocycles. The molecule has 0 bridgehead atoms. The van der Waals surface area contributed by atoms with Gasteiger partial charge in [-0.25, -0.2) is 9.59 Å². The Morgan fingerprint density at radius 3 is 2.48 bits per heavy atom. The molecule has 1 fully saturated rings. The standard InChI is InChI=1S/C17H31NO5/c1-6-8-12-21-13-17(14(19)22-7-2)10-9-11-18(17)15(20)23-16(3,4)5/h6-13H2,1-5H3. The number of hydrogen-bond donors (Lipinski definition) is 0. The number of carbonyl (C=O) groups is 2. The van der Waals surface area contributed by atoms with Crippen LogP contribution in [0.5, 0.6) is 0 Å². The van der Waals surface area contributed by atoms with Crippen molar-refractivity contribution in [1.29, 1.82) is 0 Å². The Morgan fingerprint density at radius 2 is 1.91 bits per heavy atom. The van der Waals surface area contributed by atoms with Crippen LogP contribution in [0.2, 0.25) is 0 Å². The smallest absolute Gasteiger partial charge is 0.411 e. The molecule has 0 spiro atoms. The Balaban J connectivity index is 2.91. The van der Waals surface area contributed by atoms with Gasteiger partial charge in [-0.15, -0.1) is 0 Å². The lowest BCUT2D eigenvalue weighted by atomic mass is 9.97. The van der Waals surface area contributed by atoms with Crippen molar-refractivity contribution in [3.63, 3.8) is 0 Å². The summed E-state index contributed by atoms with van der Waals surface area (Å²) >= 11 is 0. The maximum Gasteiger partial charge on any atom is 0.411 e. The van der Waals surface area contributed by atoms with E-state index < -0.39 is 23.2 Å². The summed E-state index contributed by atoms with van der Waals surface area (Å²) < 4.78 is 16.4. The van der Waals surface area contributed by atoms with Crippen LogP contribution in [-0.4, -0.2) is 54.5 Å². The van der Waals surface area contributed by atoms with E-state index in [1.807, 2.05) is 20.8 Å². The van der Waals surface area contributed by atoms with Gasteiger partial charge in [-0.05, 0) is 47.0 Å². The fourth-order valence-corrected chi connectivity index (χ4v) is 2.64. The molecule has 0 aromatic carbocycles. The van der Waals surface area contributed by atoms with Gasteiger partial charge in [-0.3, -0.25) is 4.90 Å². The van der Waals surface area contributed by atoms with E-state index in [1.165, 1.54) is 4.90 Å². The molecule has 1 rings (SSSR count). The van der Waals surface area contributed by atoms with Crippen LogP contribution in [0.3, 0.4) is 0 Å². The monoisotopic (exact) mass is 329 g/mol. The van der Waals surface area contributed by atoms with E-state index in [-0.39, 0.29) is 13.2 Å². The molecule has 0 radical (unpaired) electrons. The Bertz CT molecular complexity index is 404. The van der Waals surface area contributed by atoms with Crippen LogP contribution in [0.15, 0.2) is 0 Å². The maximum absolute atomic E-state index is 12.6. The summed E-state index contributed by atoms with van der Waals surface area (Å²) in [5.41, 5.74) is -1.67. The average molecular weight is 329 g/mol. The number of hydrogen-bond acceptors (Lipinski definition) is 5. The molecular weight excluding hydrogens is 298 g/mol. The molecule has 1 aliphatic rings. The predicted molar refractivity (Wildman–Crippen MR) is 87.3 cm³/mol. The molecule has 134 valence electrons. The highest BCUT2D eigenvalue weighted by Crippen LogP contribution is 2.33. The molecule has 0 saturated carbocycles. The zero-order valence-corrected chi connectivity index (χ0v) is 15.1. The molecule has 0 aliphatic carbocycles. The van der Waals surface area contributed by atoms with Crippen molar-refractivity contribution in [3.8, 4) is 0 Å². The molecular formula is C17H31NO5. The van der Waals surface area contributed by atoms with Crippen LogP contribution >= 0.6 is 0 Å². The first-order valence-electron chi connectivity index (χ1n) is 8.52. The predicted octanol–water partition coefficient (Wildman–Crippen LogP) is 3.14. The Morgan fingerprint density at radius 1 is 1.22 bits per heavy atom. The second-order valence-electron chi connectivity index (χ2n) is 6.89. The highest BCUT2D eigenvalue weighted by atomic mass is 16.6. The summed E-state index contributed by atoms with van der Waals surface area (Å²) in [6, 6.07) is 0. The molecule has 1 amide bonds. The lowest BCUT2D eigenvalue weighted by Gasteiger charge is -2.36. The van der Waals surface area contributed by atoms with Crippen molar-refractivity contribution in [3.05, 3.63) is 0 Å². The molecule has 1 heterocycles. The van der Waals surface area contributed by atoms with Gasteiger partial charge in [0.1, 0.15) is 5.60 Å². The normalized spacial score (nSPS) is 21.3. The first-order chi connectivity index (χ1) is 10.8. The number of nitrogens with zero attached hydrogens (tertiary/aromatic N) is 1. The van der Waals surface area contributed by atoms with Gasteiger partial charge in [0.05, 0.1) is 13.2 Å². The molecule has 1 unspecified atom stereocenters. The third-order valence-electron chi connectivity index (χ3n) is 3.74. The fraction of sp³-hybridized carbons (Fsp3) is 0.882. The highest BCUT2D eigenvalue weighted by Gasteiger charge is 2.52. The number of rotatable bonds is 7. The van der Waals surface area contributed by atoms with Crippen LogP contribution in [0.4, 0.5) is 4.79 Å². The zero-order valence-electron chi connectivity index (χ0n) is 15.1. The van der Waals surface area contributed by atoms with Gasteiger partial charge in [0, 0.05) is 13.2 Å². The second kappa shape index (κ2) is 8.52. The number of unbranched alkanes of at least 4 members (excludes halogenated alkanes) is 1. The number of esters is 1. The van der Waals surface area contributed by atoms with E-state index in [1.54, 1.807) is 6.92 Å². The van der Waals surface area contributed by atoms with Gasteiger partial charge in [0.25, 0.3) is 0 Å². The van der Waals surface area contributed by atoms with E-state index in [4.69, 9.17) is 14.2 Å². The van der Waals surface area contributed by atoms with Crippen molar-refractivity contribution < 1.29 is 23.8 Å². The van der Waals surface area contributed by atoms with Crippen molar-refractivity contribution in [1.82, 2.24) is 4.90 Å². The van der Waals surface area contributed by atoms with Gasteiger partial charge < -0.3 is 14.2 Å². The van der Waals surface area contributed by atoms with Crippen molar-refractivity contribution in [2.45, 2.75) is 71.4 Å². The van der Waals surface area contributed by atoms with E-state index in [9.17, 15) is 9.59 Å². The average Bonchev–Trinajstić information content (AvgIpc) is 2.87. The highest BCUT2D eigenvalue weighted by molar-refractivity contribution is 5.86. The fourth-order valence-electron chi connectivity index (χ4n) is 2.64. The van der Waals surface area contributed by atoms with E-state index in [2.05, 4.69) is 6.92 Å². The van der Waals surface area contributed by atoms with Crippen molar-refractivity contribution in [2.24, 2.45) is 0 Å². The maximum atomic E-state index is 12.6. The van der Waals surface area contributed by atoms with Gasteiger partial charge in [0.2, 0.25) is 0 Å². The van der Waals surface area contributed by atoms with Crippen LogP contribution in [-0.2, 0) is 19.0 Å². The Hall–Kier alpha value is -1.30. The number of likely N-dealkylation sites (tertiary alicyclic amines) is 1. The Kier molecular flexibility index (Phi) is 7.32. The topological polar surface area (TPSA) is 65.1 Å². The summed E-state index contributed by atoms with van der Waals surface area (Å²) in [5.74, 6) is -0.403. The lowest BCUT2D eigenvalue weighted by molar-refractivity contribution is -0.160. The first kappa shape index (κ1) is 19.7. The molecule has 0 N–H and O–H groups in total. The quantitative estimate of drug-likeness (QED) is 0.530. The summed E-state index contributed by atoms with van der Waals surface area (Å²) in [5, 5.41) is 0. The Labute approximate surface area is 139 Å². The minimum absolute atomic E-state index is 0.158. The molecule has 0 aromatic rings. The zero-order chi connectivity index (χ0) is 17.5. The summed E-state index contributed by atoms with van der Waals surface area (Å²) in [7, 11) is 0. The van der Waals surface area contributed by atoms with Gasteiger partial charge in [0.15, 0.2) is 5.54 Å². The van der Waals surface area contributed by atoms with Crippen LogP contribution in [0.1, 0.15) is 60.3 Å². The van der Waals surface area contributed by atoms with E-state index in [0.29, 0.717) is 19.6 Å². The van der Waals surface area contributed by atoms with E-state index >= 15 is 0 Å². The minimum Gasteiger partial charge on any atom is -0.464 e. The van der Waals surface area contributed by atoms with Gasteiger partial charge >= 0.3 is 12.1 Å². The first-order valence-corrected chi connectivity index (χ1v) is 8.52. The number of amides is 1. The number of ether oxygens (including phenoxy) is 3. The van der Waals surface area contributed by atoms with Crippen LogP contribution < -0.4 is 0 Å². The summed E-state index contributed by atoms with van der Waals surface area (Å²) in [4.78, 5) is 26.6. The molecule has 6 heteroatoms. The third kappa shape index (κ3) is 5.37. The van der Waals surface area contributed by atoms with E-state index in [0.717, 1.165) is 19.3 Å². The third-order valence-corrected chi connectivity index (χ3v) is 3.74. The van der Waals surface area contributed by atoms with Crippen molar-refractivity contribution >= 4 is 12.1 Å². The SMILES string of the molecule is CCCCOCC1(C(=O)OCC)CCCN1C(=O)OC(C)(C)C. The molecule has 6 nitrogen and oxygen atoms in total. The lowest BCUT2D eigenvalue weighted by Crippen LogP contribution is -2.57. The van der Waals surface area contributed by atoms with Crippen LogP contribution in [0.25, 0.3) is 0 Å².